The fourth-order valence-electron chi connectivity index (χ4n) is 3.73. The number of hydrogen-bond acceptors (Lipinski definition) is 2. The largest absolute Gasteiger partial charge is 0.327 e. The third-order valence-electron chi connectivity index (χ3n) is 4.90. The van der Waals surface area contributed by atoms with Crippen molar-refractivity contribution in [3.05, 3.63) is 100 Å². The molecule has 2 aliphatic heterocycles. The molecule has 5 rings (SSSR count). The van der Waals surface area contributed by atoms with Crippen LogP contribution in [0.15, 0.2) is 72.8 Å². The van der Waals surface area contributed by atoms with Crippen molar-refractivity contribution in [2.24, 2.45) is 0 Å². The maximum atomic E-state index is 12.7. The van der Waals surface area contributed by atoms with Gasteiger partial charge in [0.15, 0.2) is 0 Å². The summed E-state index contributed by atoms with van der Waals surface area (Å²) in [4.78, 5) is 14.9. The molecule has 0 unspecified atom stereocenters. The molecule has 0 bridgehead atoms. The molecule has 3 aromatic rings. The van der Waals surface area contributed by atoms with Crippen molar-refractivity contribution >= 4 is 35.0 Å². The highest BCUT2D eigenvalue weighted by atomic mass is 35.5. The predicted octanol–water partition coefficient (Wildman–Crippen LogP) is 5.10. The Kier molecular flexibility index (Phi) is 3.37. The fraction of sp³-hybridized carbons (Fsp3) is 0.0455. The van der Waals surface area contributed by atoms with E-state index in [0.29, 0.717) is 10.6 Å². The van der Waals surface area contributed by atoms with Gasteiger partial charge in [0, 0.05) is 10.6 Å². The average molecular weight is 359 g/mol. The topological polar surface area (TPSA) is 32.3 Å². The van der Waals surface area contributed by atoms with E-state index in [1.54, 1.807) is 12.1 Å². The number of benzene rings is 3. The van der Waals surface area contributed by atoms with Crippen molar-refractivity contribution in [3.63, 3.8) is 0 Å². The molecule has 126 valence electrons. The van der Waals surface area contributed by atoms with Gasteiger partial charge in [0.25, 0.3) is 5.91 Å². The van der Waals surface area contributed by atoms with Crippen LogP contribution >= 0.6 is 11.6 Å². The Labute approximate surface area is 156 Å². The molecule has 0 aromatic heterocycles. The highest BCUT2D eigenvalue weighted by molar-refractivity contribution is 6.31. The van der Waals surface area contributed by atoms with E-state index in [0.717, 1.165) is 28.1 Å². The van der Waals surface area contributed by atoms with Crippen LogP contribution in [0.1, 0.15) is 33.2 Å². The molecule has 0 fully saturated rings. The van der Waals surface area contributed by atoms with Gasteiger partial charge in [-0.05, 0) is 35.4 Å². The summed E-state index contributed by atoms with van der Waals surface area (Å²) in [7, 11) is 0. The molecule has 0 spiro atoms. The Bertz CT molecular complexity index is 1060. The highest BCUT2D eigenvalue weighted by Gasteiger charge is 2.37. The summed E-state index contributed by atoms with van der Waals surface area (Å²) in [6.07, 6.45) is 1.91. The Morgan fingerprint density at radius 2 is 1.69 bits per heavy atom. The van der Waals surface area contributed by atoms with Gasteiger partial charge in [-0.25, -0.2) is 0 Å². The number of amides is 1. The molecule has 26 heavy (non-hydrogen) atoms. The highest BCUT2D eigenvalue weighted by Crippen LogP contribution is 2.44. The zero-order chi connectivity index (χ0) is 17.7. The van der Waals surface area contributed by atoms with E-state index in [9.17, 15) is 4.79 Å². The van der Waals surface area contributed by atoms with Crippen molar-refractivity contribution in [3.8, 4) is 0 Å². The molecule has 3 nitrogen and oxygen atoms in total. The summed E-state index contributed by atoms with van der Waals surface area (Å²) < 4.78 is 0. The molecule has 1 N–H and O–H groups in total. The first kappa shape index (κ1) is 15.2. The number of rotatable bonds is 1. The third kappa shape index (κ3) is 2.25. The number of halogens is 1. The summed E-state index contributed by atoms with van der Waals surface area (Å²) in [5.74, 6) is -0.0815. The van der Waals surface area contributed by atoms with Crippen molar-refractivity contribution in [2.45, 2.75) is 6.17 Å². The Morgan fingerprint density at radius 3 is 2.54 bits per heavy atom. The molecule has 1 atom stereocenters. The molecular weight excluding hydrogens is 344 g/mol. The van der Waals surface area contributed by atoms with E-state index >= 15 is 0 Å². The van der Waals surface area contributed by atoms with Crippen LogP contribution < -0.4 is 10.2 Å². The zero-order valence-corrected chi connectivity index (χ0v) is 14.6. The predicted molar refractivity (Wildman–Crippen MR) is 105 cm³/mol. The van der Waals surface area contributed by atoms with Crippen LogP contribution in [0, 0.1) is 0 Å². The molecule has 0 aliphatic carbocycles. The Morgan fingerprint density at radius 1 is 0.923 bits per heavy atom. The molecule has 2 aliphatic rings. The number of nitrogens with zero attached hydrogens (tertiary/aromatic N) is 1. The van der Waals surface area contributed by atoms with Crippen LogP contribution in [0.3, 0.4) is 0 Å². The van der Waals surface area contributed by atoms with E-state index in [2.05, 4.69) is 40.6 Å². The van der Waals surface area contributed by atoms with Crippen molar-refractivity contribution in [2.75, 3.05) is 4.90 Å². The Balaban J connectivity index is 1.80. The lowest BCUT2D eigenvalue weighted by molar-refractivity contribution is 0.0930. The van der Waals surface area contributed by atoms with E-state index in [4.69, 9.17) is 11.6 Å². The summed E-state index contributed by atoms with van der Waals surface area (Å²) in [5.41, 5.74) is 5.78. The number of carbonyl (C=O) groups excluding carboxylic acids is 1. The lowest BCUT2D eigenvalue weighted by Gasteiger charge is -2.43. The van der Waals surface area contributed by atoms with E-state index < -0.39 is 0 Å². The van der Waals surface area contributed by atoms with Crippen molar-refractivity contribution in [1.29, 1.82) is 0 Å². The monoisotopic (exact) mass is 358 g/mol. The van der Waals surface area contributed by atoms with Gasteiger partial charge >= 0.3 is 0 Å². The van der Waals surface area contributed by atoms with Gasteiger partial charge in [-0.15, -0.1) is 0 Å². The second kappa shape index (κ2) is 5.75. The Hall–Kier alpha value is -3.04. The first-order valence-corrected chi connectivity index (χ1v) is 8.86. The van der Waals surface area contributed by atoms with Gasteiger partial charge in [0.1, 0.15) is 6.17 Å². The molecule has 3 aromatic carbocycles. The molecule has 0 radical (unpaired) electrons. The maximum absolute atomic E-state index is 12.7. The molecular formula is C22H15ClN2O. The third-order valence-corrected chi connectivity index (χ3v) is 5.14. The van der Waals surface area contributed by atoms with Crippen LogP contribution in [0.2, 0.25) is 5.02 Å². The minimum absolute atomic E-state index is 0.0815. The second-order valence-corrected chi connectivity index (χ2v) is 6.87. The van der Waals surface area contributed by atoms with Gasteiger partial charge in [0.05, 0.1) is 16.9 Å². The number of hydrogen-bond donors (Lipinski definition) is 1. The minimum atomic E-state index is -0.259. The smallest absolute Gasteiger partial charge is 0.255 e. The molecule has 1 amide bonds. The molecule has 0 saturated heterocycles. The molecule has 4 heteroatoms. The quantitative estimate of drug-likeness (QED) is 0.656. The van der Waals surface area contributed by atoms with Crippen LogP contribution in [-0.2, 0) is 0 Å². The molecule has 0 saturated carbocycles. The minimum Gasteiger partial charge on any atom is -0.327 e. The SMILES string of the molecule is O=C1N[C@@H]2c3ccccc3C=C(c3ccccc3)N2c2cc(Cl)ccc21. The van der Waals surface area contributed by atoms with Gasteiger partial charge in [0.2, 0.25) is 0 Å². The van der Waals surface area contributed by atoms with Gasteiger partial charge < -0.3 is 10.2 Å². The summed E-state index contributed by atoms with van der Waals surface area (Å²) in [5, 5.41) is 3.77. The summed E-state index contributed by atoms with van der Waals surface area (Å²) in [6.45, 7) is 0. The van der Waals surface area contributed by atoms with Crippen molar-refractivity contribution < 1.29 is 4.79 Å². The zero-order valence-electron chi connectivity index (χ0n) is 13.8. The lowest BCUT2D eigenvalue weighted by Crippen LogP contribution is -2.47. The average Bonchev–Trinajstić information content (AvgIpc) is 2.68. The van der Waals surface area contributed by atoms with Gasteiger partial charge in [-0.2, -0.15) is 0 Å². The van der Waals surface area contributed by atoms with Crippen LogP contribution in [0.25, 0.3) is 11.8 Å². The van der Waals surface area contributed by atoms with E-state index in [-0.39, 0.29) is 12.1 Å². The number of carbonyl (C=O) groups is 1. The lowest BCUT2D eigenvalue weighted by atomic mass is 9.92. The molecule has 2 heterocycles. The van der Waals surface area contributed by atoms with Crippen LogP contribution in [0.4, 0.5) is 5.69 Å². The van der Waals surface area contributed by atoms with Gasteiger partial charge in [-0.3, -0.25) is 4.79 Å². The normalized spacial score (nSPS) is 17.6. The number of fused-ring (bicyclic) bond motifs is 5. The van der Waals surface area contributed by atoms with Crippen molar-refractivity contribution in [1.82, 2.24) is 5.32 Å². The number of nitrogens with one attached hydrogen (secondary N) is 1. The van der Waals surface area contributed by atoms with E-state index in [1.807, 2.05) is 36.4 Å². The van der Waals surface area contributed by atoms with Crippen LogP contribution in [-0.4, -0.2) is 5.91 Å². The van der Waals surface area contributed by atoms with E-state index in [1.165, 1.54) is 0 Å². The summed E-state index contributed by atoms with van der Waals surface area (Å²) in [6, 6.07) is 23.8. The fourth-order valence-corrected chi connectivity index (χ4v) is 3.89. The van der Waals surface area contributed by atoms with Crippen LogP contribution in [0.5, 0.6) is 0 Å². The van der Waals surface area contributed by atoms with Gasteiger partial charge in [-0.1, -0.05) is 66.2 Å². The maximum Gasteiger partial charge on any atom is 0.255 e. The number of anilines is 1. The summed E-state index contributed by atoms with van der Waals surface area (Å²) >= 11 is 6.27. The first-order chi connectivity index (χ1) is 12.7. The first-order valence-electron chi connectivity index (χ1n) is 8.48. The second-order valence-electron chi connectivity index (χ2n) is 6.43. The standard InChI is InChI=1S/C22H15ClN2O/c23-16-10-11-18-20(13-16)25-19(14-6-2-1-3-7-14)12-15-8-4-5-9-17(15)21(25)24-22(18)26/h1-13,21H,(H,24,26)/t21-/m0/s1.